The molecule has 0 saturated heterocycles. The van der Waals surface area contributed by atoms with Gasteiger partial charge in [-0.05, 0) is 31.4 Å². The Labute approximate surface area is 124 Å². The summed E-state index contributed by atoms with van der Waals surface area (Å²) in [6.45, 7) is 0.237. The van der Waals surface area contributed by atoms with E-state index in [-0.39, 0.29) is 23.4 Å². The van der Waals surface area contributed by atoms with Crippen LogP contribution >= 0.6 is 28.3 Å². The van der Waals surface area contributed by atoms with Gasteiger partial charge in [0.1, 0.15) is 17.2 Å². The Bertz CT molecular complexity index is 472. The van der Waals surface area contributed by atoms with Crippen LogP contribution in [0.2, 0.25) is 0 Å². The molecule has 0 radical (unpaired) electrons. The highest BCUT2D eigenvalue weighted by atomic mass is 79.9. The second kappa shape index (κ2) is 6.15. The van der Waals surface area contributed by atoms with Gasteiger partial charge in [0.05, 0.1) is 0 Å². The number of hydrogen-bond acceptors (Lipinski definition) is 2. The van der Waals surface area contributed by atoms with Crippen LogP contribution in [0.4, 0.5) is 8.78 Å². The predicted molar refractivity (Wildman–Crippen MR) is 74.4 cm³/mol. The highest BCUT2D eigenvalue weighted by Gasteiger charge is 2.33. The fourth-order valence-electron chi connectivity index (χ4n) is 1.91. The first kappa shape index (κ1) is 16.3. The molecule has 0 bridgehead atoms. The number of halogens is 4. The number of carbonyl (C=O) groups excluding carboxylic acids is 1. The Balaban J connectivity index is 0.00000180. The predicted octanol–water partition coefficient (Wildman–Crippen LogP) is 2.76. The molecule has 2 rings (SSSR count). The molecule has 1 aliphatic rings. The lowest BCUT2D eigenvalue weighted by atomic mass is 9.78. The minimum absolute atomic E-state index is 0. The monoisotopic (exact) mass is 354 g/mol. The van der Waals surface area contributed by atoms with Crippen LogP contribution in [0.25, 0.3) is 0 Å². The average Bonchev–Trinajstić information content (AvgIpc) is 2.22. The molecule has 0 aliphatic heterocycles. The Morgan fingerprint density at radius 1 is 1.37 bits per heavy atom. The van der Waals surface area contributed by atoms with Gasteiger partial charge in [0, 0.05) is 16.6 Å². The van der Waals surface area contributed by atoms with Crippen LogP contribution in [0, 0.1) is 11.6 Å². The van der Waals surface area contributed by atoms with Gasteiger partial charge < -0.3 is 11.1 Å². The van der Waals surface area contributed by atoms with E-state index in [9.17, 15) is 13.6 Å². The molecule has 3 N–H and O–H groups in total. The van der Waals surface area contributed by atoms with Crippen LogP contribution in [0.5, 0.6) is 0 Å². The summed E-state index contributed by atoms with van der Waals surface area (Å²) in [4.78, 5) is 11.7. The van der Waals surface area contributed by atoms with E-state index >= 15 is 0 Å². The lowest BCUT2D eigenvalue weighted by Gasteiger charge is -2.38. The van der Waals surface area contributed by atoms with Crippen molar-refractivity contribution in [3.05, 3.63) is 33.8 Å². The maximum Gasteiger partial charge on any atom is 0.257 e. The van der Waals surface area contributed by atoms with Crippen molar-refractivity contribution in [1.82, 2.24) is 5.32 Å². The highest BCUT2D eigenvalue weighted by Crippen LogP contribution is 2.28. The van der Waals surface area contributed by atoms with Gasteiger partial charge in [-0.1, -0.05) is 15.9 Å². The number of carbonyl (C=O) groups is 1. The standard InChI is InChI=1S/C12H13BrF2N2O.ClH/c13-7-4-8(14)10(9(15)5-7)11(18)17-6-12(16)2-1-3-12;/h4-5H,1-3,6,16H2,(H,17,18);1H. The van der Waals surface area contributed by atoms with Crippen molar-refractivity contribution >= 4 is 34.2 Å². The minimum atomic E-state index is -0.890. The molecule has 0 unspecified atom stereocenters. The molecule has 1 aromatic rings. The molecule has 1 fully saturated rings. The van der Waals surface area contributed by atoms with Gasteiger partial charge in [0.25, 0.3) is 5.91 Å². The van der Waals surface area contributed by atoms with Crippen LogP contribution in [0.3, 0.4) is 0 Å². The summed E-state index contributed by atoms with van der Waals surface area (Å²) in [6, 6.07) is 2.11. The van der Waals surface area contributed by atoms with E-state index in [0.717, 1.165) is 31.4 Å². The Morgan fingerprint density at radius 2 is 1.89 bits per heavy atom. The van der Waals surface area contributed by atoms with Gasteiger partial charge in [0.15, 0.2) is 0 Å². The van der Waals surface area contributed by atoms with Crippen molar-refractivity contribution in [3.63, 3.8) is 0 Å². The maximum absolute atomic E-state index is 13.5. The first-order valence-electron chi connectivity index (χ1n) is 5.63. The lowest BCUT2D eigenvalue weighted by Crippen LogP contribution is -2.55. The molecular formula is C12H14BrClF2N2O. The molecule has 106 valence electrons. The smallest absolute Gasteiger partial charge is 0.257 e. The summed E-state index contributed by atoms with van der Waals surface area (Å²) in [5.74, 6) is -2.55. The van der Waals surface area contributed by atoms with Crippen molar-refractivity contribution in [2.45, 2.75) is 24.8 Å². The van der Waals surface area contributed by atoms with Crippen molar-refractivity contribution in [2.75, 3.05) is 6.54 Å². The van der Waals surface area contributed by atoms with E-state index in [2.05, 4.69) is 21.2 Å². The van der Waals surface area contributed by atoms with Crippen molar-refractivity contribution in [3.8, 4) is 0 Å². The van der Waals surface area contributed by atoms with E-state index in [1.165, 1.54) is 0 Å². The SMILES string of the molecule is Cl.NC1(CNC(=O)c2c(F)cc(Br)cc2F)CCC1. The Morgan fingerprint density at radius 3 is 2.32 bits per heavy atom. The number of amides is 1. The second-order valence-electron chi connectivity index (χ2n) is 4.64. The summed E-state index contributed by atoms with van der Waals surface area (Å²) in [6.07, 6.45) is 2.66. The molecule has 1 aliphatic carbocycles. The van der Waals surface area contributed by atoms with E-state index in [4.69, 9.17) is 5.73 Å². The van der Waals surface area contributed by atoms with Gasteiger partial charge >= 0.3 is 0 Å². The van der Waals surface area contributed by atoms with Crippen LogP contribution in [0.1, 0.15) is 29.6 Å². The van der Waals surface area contributed by atoms with Gasteiger partial charge in [-0.25, -0.2) is 8.78 Å². The largest absolute Gasteiger partial charge is 0.350 e. The summed E-state index contributed by atoms with van der Waals surface area (Å²) in [5.41, 5.74) is 4.93. The molecule has 0 atom stereocenters. The highest BCUT2D eigenvalue weighted by molar-refractivity contribution is 9.10. The van der Waals surface area contributed by atoms with Crippen molar-refractivity contribution in [1.29, 1.82) is 0 Å². The summed E-state index contributed by atoms with van der Waals surface area (Å²) in [5, 5.41) is 2.48. The quantitative estimate of drug-likeness (QED) is 0.876. The van der Waals surface area contributed by atoms with Crippen LogP contribution in [-0.2, 0) is 0 Å². The zero-order valence-electron chi connectivity index (χ0n) is 10.0. The molecule has 1 amide bonds. The van der Waals surface area contributed by atoms with Crippen molar-refractivity contribution < 1.29 is 13.6 Å². The van der Waals surface area contributed by atoms with E-state index in [1.54, 1.807) is 0 Å². The van der Waals surface area contributed by atoms with Gasteiger partial charge in [0.2, 0.25) is 0 Å². The normalized spacial score (nSPS) is 16.2. The zero-order valence-corrected chi connectivity index (χ0v) is 12.4. The third-order valence-electron chi connectivity index (χ3n) is 3.18. The number of rotatable bonds is 3. The maximum atomic E-state index is 13.5. The van der Waals surface area contributed by atoms with Crippen LogP contribution in [0.15, 0.2) is 16.6 Å². The van der Waals surface area contributed by atoms with Gasteiger partial charge in [-0.3, -0.25) is 4.79 Å². The van der Waals surface area contributed by atoms with E-state index in [1.807, 2.05) is 0 Å². The first-order valence-corrected chi connectivity index (χ1v) is 6.42. The molecule has 0 heterocycles. The summed E-state index contributed by atoms with van der Waals surface area (Å²) in [7, 11) is 0. The Hall–Kier alpha value is -0.720. The fraction of sp³-hybridized carbons (Fsp3) is 0.417. The zero-order chi connectivity index (χ0) is 13.3. The first-order chi connectivity index (χ1) is 8.41. The lowest BCUT2D eigenvalue weighted by molar-refractivity contribution is 0.0921. The van der Waals surface area contributed by atoms with E-state index in [0.29, 0.717) is 0 Å². The average molecular weight is 356 g/mol. The van der Waals surface area contributed by atoms with Crippen LogP contribution in [-0.4, -0.2) is 18.0 Å². The van der Waals surface area contributed by atoms with Gasteiger partial charge in [-0.15, -0.1) is 12.4 Å². The van der Waals surface area contributed by atoms with E-state index < -0.39 is 28.6 Å². The molecule has 0 spiro atoms. The molecular weight excluding hydrogens is 341 g/mol. The van der Waals surface area contributed by atoms with Gasteiger partial charge in [-0.2, -0.15) is 0 Å². The Kier molecular flexibility index (Phi) is 5.29. The molecule has 1 saturated carbocycles. The number of benzene rings is 1. The number of hydrogen-bond donors (Lipinski definition) is 2. The summed E-state index contributed by atoms with van der Waals surface area (Å²) >= 11 is 2.96. The second-order valence-corrected chi connectivity index (χ2v) is 5.56. The summed E-state index contributed by atoms with van der Waals surface area (Å²) < 4.78 is 27.3. The molecule has 7 heteroatoms. The van der Waals surface area contributed by atoms with Crippen LogP contribution < -0.4 is 11.1 Å². The topological polar surface area (TPSA) is 55.1 Å². The molecule has 0 aromatic heterocycles. The number of nitrogens with two attached hydrogens (primary N) is 1. The minimum Gasteiger partial charge on any atom is -0.350 e. The third-order valence-corrected chi connectivity index (χ3v) is 3.64. The van der Waals surface area contributed by atoms with Crippen molar-refractivity contribution in [2.24, 2.45) is 5.73 Å². The third kappa shape index (κ3) is 3.64. The number of nitrogens with one attached hydrogen (secondary N) is 1. The molecule has 3 nitrogen and oxygen atoms in total. The molecule has 19 heavy (non-hydrogen) atoms. The fourth-order valence-corrected chi connectivity index (χ4v) is 2.31. The molecule has 1 aromatic carbocycles.